The maximum Gasteiger partial charge on any atom is 0.336 e. The van der Waals surface area contributed by atoms with Crippen molar-refractivity contribution < 1.29 is 14.3 Å². The average molecular weight is 430 g/mol. The summed E-state index contributed by atoms with van der Waals surface area (Å²) in [5.74, 6) is -0.499. The first-order valence-corrected chi connectivity index (χ1v) is 11.6. The monoisotopic (exact) mass is 429 g/mol. The smallest absolute Gasteiger partial charge is 0.336 e. The first-order chi connectivity index (χ1) is 15.5. The van der Waals surface area contributed by atoms with E-state index in [4.69, 9.17) is 4.74 Å². The summed E-state index contributed by atoms with van der Waals surface area (Å²) in [5.41, 5.74) is 6.34. The Morgan fingerprint density at radius 2 is 1.72 bits per heavy atom. The summed E-state index contributed by atoms with van der Waals surface area (Å²) >= 11 is 0. The van der Waals surface area contributed by atoms with E-state index in [0.29, 0.717) is 18.6 Å². The van der Waals surface area contributed by atoms with Gasteiger partial charge in [-0.3, -0.25) is 4.79 Å². The van der Waals surface area contributed by atoms with Crippen molar-refractivity contribution in [1.82, 2.24) is 5.32 Å². The normalized spacial score (nSPS) is 20.7. The first-order valence-electron chi connectivity index (χ1n) is 11.6. The molecule has 1 heterocycles. The number of hydrogen-bond donors (Lipinski definition) is 1. The Morgan fingerprint density at radius 1 is 1.00 bits per heavy atom. The third kappa shape index (κ3) is 4.27. The van der Waals surface area contributed by atoms with Gasteiger partial charge in [-0.1, -0.05) is 68.4 Å². The second-order valence-electron chi connectivity index (χ2n) is 8.66. The van der Waals surface area contributed by atoms with Gasteiger partial charge in [0.25, 0.3) is 0 Å². The van der Waals surface area contributed by atoms with Crippen molar-refractivity contribution in [2.24, 2.45) is 0 Å². The van der Waals surface area contributed by atoms with E-state index in [0.717, 1.165) is 41.8 Å². The second-order valence-corrected chi connectivity index (χ2v) is 8.66. The van der Waals surface area contributed by atoms with Crippen LogP contribution in [0.4, 0.5) is 0 Å². The fourth-order valence-corrected chi connectivity index (χ4v) is 4.82. The summed E-state index contributed by atoms with van der Waals surface area (Å²) in [6, 6.07) is 18.5. The molecule has 4 nitrogen and oxygen atoms in total. The highest BCUT2D eigenvalue weighted by atomic mass is 16.5. The molecule has 0 saturated carbocycles. The van der Waals surface area contributed by atoms with Crippen molar-refractivity contribution in [3.8, 4) is 0 Å². The van der Waals surface area contributed by atoms with Crippen LogP contribution < -0.4 is 5.32 Å². The lowest BCUT2D eigenvalue weighted by atomic mass is 9.71. The van der Waals surface area contributed by atoms with Crippen LogP contribution in [0, 0.1) is 0 Å². The van der Waals surface area contributed by atoms with Crippen LogP contribution in [-0.2, 0) is 20.7 Å². The van der Waals surface area contributed by atoms with Gasteiger partial charge in [0.1, 0.15) is 0 Å². The van der Waals surface area contributed by atoms with Gasteiger partial charge in [-0.05, 0) is 48.8 Å². The molecule has 1 N–H and O–H groups in total. The molecule has 0 spiro atoms. The average Bonchev–Trinajstić information content (AvgIpc) is 2.82. The van der Waals surface area contributed by atoms with E-state index >= 15 is 0 Å². The molecule has 2 aromatic rings. The van der Waals surface area contributed by atoms with Crippen LogP contribution in [0.1, 0.15) is 68.6 Å². The summed E-state index contributed by atoms with van der Waals surface area (Å²) in [7, 11) is 0. The Morgan fingerprint density at radius 3 is 2.38 bits per heavy atom. The minimum atomic E-state index is -0.397. The molecule has 0 bridgehead atoms. The van der Waals surface area contributed by atoms with Crippen molar-refractivity contribution in [2.75, 3.05) is 6.61 Å². The Balaban J connectivity index is 1.77. The number of benzene rings is 2. The van der Waals surface area contributed by atoms with Gasteiger partial charge in [0, 0.05) is 29.3 Å². The number of rotatable bonds is 6. The van der Waals surface area contributed by atoms with Crippen LogP contribution >= 0.6 is 0 Å². The van der Waals surface area contributed by atoms with Crippen molar-refractivity contribution in [3.63, 3.8) is 0 Å². The van der Waals surface area contributed by atoms with E-state index in [1.807, 2.05) is 32.0 Å². The van der Waals surface area contributed by atoms with Crippen LogP contribution in [-0.4, -0.2) is 18.4 Å². The number of carbonyl (C=O) groups excluding carboxylic acids is 2. The molecule has 4 heteroatoms. The Kier molecular flexibility index (Phi) is 6.59. The Hall–Kier alpha value is -3.14. The fourth-order valence-electron chi connectivity index (χ4n) is 4.82. The van der Waals surface area contributed by atoms with E-state index in [9.17, 15) is 9.59 Å². The second kappa shape index (κ2) is 9.56. The zero-order valence-corrected chi connectivity index (χ0v) is 19.1. The highest BCUT2D eigenvalue weighted by Crippen LogP contribution is 2.45. The van der Waals surface area contributed by atoms with Gasteiger partial charge >= 0.3 is 5.97 Å². The summed E-state index contributed by atoms with van der Waals surface area (Å²) in [6.07, 6.45) is 2.90. The van der Waals surface area contributed by atoms with Crippen molar-refractivity contribution >= 4 is 11.8 Å². The lowest BCUT2D eigenvalue weighted by molar-refractivity contribution is -0.139. The minimum Gasteiger partial charge on any atom is -0.462 e. The van der Waals surface area contributed by atoms with Gasteiger partial charge in [-0.15, -0.1) is 0 Å². The van der Waals surface area contributed by atoms with E-state index in [1.165, 1.54) is 11.1 Å². The van der Waals surface area contributed by atoms with E-state index in [1.54, 1.807) is 0 Å². The van der Waals surface area contributed by atoms with Crippen LogP contribution in [0.2, 0.25) is 0 Å². The molecule has 2 atom stereocenters. The van der Waals surface area contributed by atoms with Crippen molar-refractivity contribution in [2.45, 2.75) is 58.3 Å². The van der Waals surface area contributed by atoms with Crippen LogP contribution in [0.5, 0.6) is 0 Å². The summed E-state index contributed by atoms with van der Waals surface area (Å²) in [6.45, 7) is 6.37. The molecule has 0 fully saturated rings. The standard InChI is InChI=1S/C28H31NO3/c1-4-15-32-28(31)25-18(3)29-23-16-22(20-9-7-6-8-10-20)17-24(30)27(23)26(25)21-13-11-19(5-2)12-14-21/h6-14,22,26,29H,4-5,15-17H2,1-3H3/t22-,26-/m1/s1. The third-order valence-electron chi connectivity index (χ3n) is 6.48. The number of esters is 1. The molecule has 4 rings (SSSR count). The molecular formula is C28H31NO3. The van der Waals surface area contributed by atoms with Crippen LogP contribution in [0.25, 0.3) is 0 Å². The van der Waals surface area contributed by atoms with Crippen molar-refractivity contribution in [1.29, 1.82) is 0 Å². The predicted molar refractivity (Wildman–Crippen MR) is 126 cm³/mol. The summed E-state index contributed by atoms with van der Waals surface area (Å²) in [4.78, 5) is 26.6. The van der Waals surface area contributed by atoms with E-state index < -0.39 is 5.92 Å². The number of nitrogens with one attached hydrogen (secondary N) is 1. The maximum atomic E-state index is 13.5. The molecule has 166 valence electrons. The van der Waals surface area contributed by atoms with Gasteiger partial charge in [0.05, 0.1) is 12.2 Å². The number of ketones is 1. The highest BCUT2D eigenvalue weighted by molar-refractivity contribution is 6.04. The van der Waals surface area contributed by atoms with Crippen LogP contribution in [0.15, 0.2) is 77.1 Å². The predicted octanol–water partition coefficient (Wildman–Crippen LogP) is 5.56. The number of carbonyl (C=O) groups is 2. The van der Waals surface area contributed by atoms with E-state index in [-0.39, 0.29) is 17.7 Å². The number of hydrogen-bond acceptors (Lipinski definition) is 4. The molecule has 32 heavy (non-hydrogen) atoms. The largest absolute Gasteiger partial charge is 0.462 e. The SMILES string of the molecule is CCCOC(=O)C1=C(C)NC2=C(C(=O)C[C@H](c3ccccc3)C2)[C@@H]1c1ccc(CC)cc1. The molecule has 2 aromatic carbocycles. The molecule has 1 aliphatic heterocycles. The molecule has 0 amide bonds. The number of allylic oxidation sites excluding steroid dienone is 3. The molecule has 1 aliphatic carbocycles. The zero-order chi connectivity index (χ0) is 22.7. The minimum absolute atomic E-state index is 0.102. The lowest BCUT2D eigenvalue weighted by Crippen LogP contribution is -2.36. The quantitative estimate of drug-likeness (QED) is 0.611. The van der Waals surface area contributed by atoms with Crippen molar-refractivity contribution in [3.05, 3.63) is 93.8 Å². The van der Waals surface area contributed by atoms with E-state index in [2.05, 4.69) is 48.6 Å². The molecule has 0 saturated heterocycles. The Bertz CT molecular complexity index is 1060. The number of dihydropyridines is 1. The van der Waals surface area contributed by atoms with Gasteiger partial charge < -0.3 is 10.1 Å². The lowest BCUT2D eigenvalue weighted by Gasteiger charge is -2.36. The fraction of sp³-hybridized carbons (Fsp3) is 0.357. The molecule has 0 radical (unpaired) electrons. The zero-order valence-electron chi connectivity index (χ0n) is 19.1. The maximum absolute atomic E-state index is 13.5. The van der Waals surface area contributed by atoms with Gasteiger partial charge in [-0.25, -0.2) is 4.79 Å². The number of Topliss-reactive ketones (excluding diaryl/α,β-unsaturated/α-hetero) is 1. The molecule has 2 aliphatic rings. The highest BCUT2D eigenvalue weighted by Gasteiger charge is 2.41. The first kappa shape index (κ1) is 22.1. The van der Waals surface area contributed by atoms with Crippen LogP contribution in [0.3, 0.4) is 0 Å². The molecule has 0 unspecified atom stereocenters. The summed E-state index contributed by atoms with van der Waals surface area (Å²) in [5, 5.41) is 3.42. The number of ether oxygens (including phenoxy) is 1. The molecular weight excluding hydrogens is 398 g/mol. The summed E-state index contributed by atoms with van der Waals surface area (Å²) < 4.78 is 5.53. The van der Waals surface area contributed by atoms with Gasteiger partial charge in [-0.2, -0.15) is 0 Å². The topological polar surface area (TPSA) is 55.4 Å². The molecule has 0 aromatic heterocycles. The Labute approximate surface area is 190 Å². The van der Waals surface area contributed by atoms with Gasteiger partial charge in [0.15, 0.2) is 5.78 Å². The van der Waals surface area contributed by atoms with Gasteiger partial charge in [0.2, 0.25) is 0 Å². The third-order valence-corrected chi connectivity index (χ3v) is 6.48. The number of aryl methyl sites for hydroxylation is 1.